The highest BCUT2D eigenvalue weighted by atomic mass is 32.1. The summed E-state index contributed by atoms with van der Waals surface area (Å²) in [6.45, 7) is 2.79. The second-order valence-electron chi connectivity index (χ2n) is 3.68. The van der Waals surface area contributed by atoms with Crippen LogP contribution in [0.5, 0.6) is 0 Å². The first kappa shape index (κ1) is 15.8. The highest BCUT2D eigenvalue weighted by molar-refractivity contribution is 7.81. The summed E-state index contributed by atoms with van der Waals surface area (Å²) < 4.78 is 9.59. The Labute approximate surface area is 104 Å². The Hall–Kier alpha value is -1.17. The fourth-order valence-corrected chi connectivity index (χ4v) is 0.874. The third-order valence-electron chi connectivity index (χ3n) is 1.50. The maximum atomic E-state index is 11.0. The number of esters is 1. The molecular formula is C9H14N2O5S. The predicted octanol–water partition coefficient (Wildman–Crippen LogP) is 0.232. The number of nitrogens with zero attached hydrogens (tertiary/aromatic N) is 2. The minimum atomic E-state index is -1.66. The van der Waals surface area contributed by atoms with Gasteiger partial charge in [-0.25, -0.2) is 4.79 Å². The van der Waals surface area contributed by atoms with Gasteiger partial charge in [-0.3, -0.25) is 0 Å². The van der Waals surface area contributed by atoms with E-state index in [1.807, 2.05) is 0 Å². The molecule has 1 N–H and O–H groups in total. The van der Waals surface area contributed by atoms with E-state index >= 15 is 0 Å². The number of aliphatic hydroxyl groups is 1. The van der Waals surface area contributed by atoms with E-state index in [0.29, 0.717) is 0 Å². The van der Waals surface area contributed by atoms with Gasteiger partial charge in [-0.15, -0.1) is 4.91 Å². The van der Waals surface area contributed by atoms with Crippen LogP contribution in [0.2, 0.25) is 0 Å². The Morgan fingerprint density at radius 2 is 2.18 bits per heavy atom. The van der Waals surface area contributed by atoms with Gasteiger partial charge in [0, 0.05) is 0 Å². The molecule has 0 aliphatic rings. The number of carbonyl (C=O) groups is 1. The zero-order valence-electron chi connectivity index (χ0n) is 9.49. The molecule has 0 aromatic heterocycles. The lowest BCUT2D eigenvalue weighted by Gasteiger charge is -2.20. The molecule has 96 valence electrons. The molecule has 0 spiro atoms. The molecule has 0 saturated carbocycles. The van der Waals surface area contributed by atoms with E-state index in [2.05, 4.69) is 22.5 Å². The van der Waals surface area contributed by atoms with Crippen molar-refractivity contribution in [1.82, 2.24) is 0 Å². The van der Waals surface area contributed by atoms with Crippen molar-refractivity contribution in [3.63, 3.8) is 0 Å². The van der Waals surface area contributed by atoms with E-state index < -0.39 is 23.0 Å². The largest absolute Gasteiger partial charge is 0.462 e. The zero-order chi connectivity index (χ0) is 13.5. The lowest BCUT2D eigenvalue weighted by molar-refractivity contribution is -0.177. The van der Waals surface area contributed by atoms with Gasteiger partial charge in [0.1, 0.15) is 12.7 Å². The maximum absolute atomic E-state index is 11.0. The van der Waals surface area contributed by atoms with Gasteiger partial charge in [-0.2, -0.15) is 17.9 Å². The third-order valence-corrected chi connectivity index (χ3v) is 1.80. The summed E-state index contributed by atoms with van der Waals surface area (Å²) in [7, 11) is 0. The second-order valence-corrected chi connectivity index (χ2v) is 4.41. The summed E-state index contributed by atoms with van der Waals surface area (Å²) in [5, 5.41) is 19.4. The van der Waals surface area contributed by atoms with Crippen LogP contribution in [0.4, 0.5) is 0 Å². The highest BCUT2D eigenvalue weighted by Crippen LogP contribution is 2.07. The molecule has 0 amide bonds. The smallest absolute Gasteiger partial charge is 0.349 e. The Kier molecular flexibility index (Phi) is 6.72. The van der Waals surface area contributed by atoms with Crippen molar-refractivity contribution in [3.8, 4) is 6.07 Å². The lowest BCUT2D eigenvalue weighted by Crippen LogP contribution is -2.30. The van der Waals surface area contributed by atoms with E-state index in [4.69, 9.17) is 10.00 Å². The van der Waals surface area contributed by atoms with E-state index in [1.165, 1.54) is 19.9 Å². The van der Waals surface area contributed by atoms with Crippen LogP contribution in [0.25, 0.3) is 0 Å². The average Bonchev–Trinajstić information content (AvgIpc) is 2.24. The van der Waals surface area contributed by atoms with E-state index in [-0.39, 0.29) is 13.2 Å². The quantitative estimate of drug-likeness (QED) is 0.294. The van der Waals surface area contributed by atoms with Crippen LogP contribution in [0.15, 0.2) is 5.18 Å². The number of hydrogen-bond acceptors (Lipinski definition) is 8. The van der Waals surface area contributed by atoms with Crippen molar-refractivity contribution in [1.29, 1.82) is 5.26 Å². The van der Waals surface area contributed by atoms with Crippen molar-refractivity contribution >= 4 is 18.6 Å². The molecule has 0 aliphatic carbocycles. The molecular weight excluding hydrogens is 248 g/mol. The highest BCUT2D eigenvalue weighted by Gasteiger charge is 2.21. The standard InChI is InChI=1S/C9H14N2O5S/c1-9(2,13)16-5-6(17)4-15-8(12)7(3-10)11-14/h6-7,13,17H,4-5H2,1-2H3. The molecule has 0 radical (unpaired) electrons. The zero-order valence-corrected chi connectivity index (χ0v) is 10.4. The number of ether oxygens (including phenoxy) is 2. The number of rotatable bonds is 7. The summed E-state index contributed by atoms with van der Waals surface area (Å²) in [5.41, 5.74) is 0. The monoisotopic (exact) mass is 262 g/mol. The Morgan fingerprint density at radius 1 is 1.59 bits per heavy atom. The Morgan fingerprint density at radius 3 is 2.59 bits per heavy atom. The summed E-state index contributed by atoms with van der Waals surface area (Å²) in [6.07, 6.45) is 0. The van der Waals surface area contributed by atoms with Crippen LogP contribution in [-0.2, 0) is 14.3 Å². The van der Waals surface area contributed by atoms with Crippen LogP contribution in [0, 0.1) is 16.2 Å². The summed E-state index contributed by atoms with van der Waals surface area (Å²) in [4.78, 5) is 21.1. The summed E-state index contributed by atoms with van der Waals surface area (Å²) >= 11 is 4.04. The first-order chi connectivity index (χ1) is 7.80. The number of carbonyl (C=O) groups excluding carboxylic acids is 1. The summed E-state index contributed by atoms with van der Waals surface area (Å²) in [6, 6.07) is -0.280. The molecule has 0 aromatic carbocycles. The minimum Gasteiger partial charge on any atom is -0.462 e. The molecule has 8 heteroatoms. The maximum Gasteiger partial charge on any atom is 0.349 e. The summed E-state index contributed by atoms with van der Waals surface area (Å²) in [5.74, 6) is -2.32. The SMILES string of the molecule is CC(C)(O)OCC(S)COC(=O)C(C#N)N=O. The van der Waals surface area contributed by atoms with E-state index in [1.54, 1.807) is 0 Å². The van der Waals surface area contributed by atoms with Crippen molar-refractivity contribution in [2.24, 2.45) is 5.18 Å². The molecule has 0 bridgehead atoms. The van der Waals surface area contributed by atoms with Crippen LogP contribution in [0.3, 0.4) is 0 Å². The molecule has 7 nitrogen and oxygen atoms in total. The fraction of sp³-hybridized carbons (Fsp3) is 0.778. The number of hydrogen-bond donors (Lipinski definition) is 2. The van der Waals surface area contributed by atoms with Crippen LogP contribution in [0.1, 0.15) is 13.8 Å². The minimum absolute atomic E-state index is 0.0473. The van der Waals surface area contributed by atoms with E-state index in [9.17, 15) is 14.8 Å². The second kappa shape index (κ2) is 7.21. The van der Waals surface area contributed by atoms with Crippen LogP contribution in [-0.4, -0.2) is 41.4 Å². The van der Waals surface area contributed by atoms with Gasteiger partial charge >= 0.3 is 5.97 Å². The molecule has 0 fully saturated rings. The van der Waals surface area contributed by atoms with Gasteiger partial charge in [0.25, 0.3) is 6.04 Å². The molecule has 17 heavy (non-hydrogen) atoms. The van der Waals surface area contributed by atoms with Gasteiger partial charge in [0.15, 0.2) is 5.79 Å². The topological polar surface area (TPSA) is 109 Å². The van der Waals surface area contributed by atoms with Crippen molar-refractivity contribution in [2.45, 2.75) is 30.9 Å². The molecule has 0 heterocycles. The van der Waals surface area contributed by atoms with Gasteiger partial charge in [0.2, 0.25) is 0 Å². The van der Waals surface area contributed by atoms with Crippen molar-refractivity contribution < 1.29 is 19.4 Å². The molecule has 2 unspecified atom stereocenters. The fourth-order valence-electron chi connectivity index (χ4n) is 0.725. The molecule has 0 aromatic rings. The first-order valence-electron chi connectivity index (χ1n) is 4.73. The van der Waals surface area contributed by atoms with Crippen LogP contribution < -0.4 is 0 Å². The predicted molar refractivity (Wildman–Crippen MR) is 61.2 cm³/mol. The number of nitriles is 1. The third kappa shape index (κ3) is 7.68. The normalized spacial score (nSPS) is 14.5. The van der Waals surface area contributed by atoms with Gasteiger partial charge in [0.05, 0.1) is 11.9 Å². The number of thiol groups is 1. The van der Waals surface area contributed by atoms with E-state index in [0.717, 1.165) is 0 Å². The molecule has 0 rings (SSSR count). The lowest BCUT2D eigenvalue weighted by atomic mass is 10.3. The van der Waals surface area contributed by atoms with Crippen molar-refractivity contribution in [3.05, 3.63) is 4.91 Å². The first-order valence-corrected chi connectivity index (χ1v) is 5.25. The molecule has 2 atom stereocenters. The molecule has 0 saturated heterocycles. The van der Waals surface area contributed by atoms with Crippen molar-refractivity contribution in [2.75, 3.05) is 13.2 Å². The Balaban J connectivity index is 3.93. The van der Waals surface area contributed by atoms with Gasteiger partial charge in [-0.05, 0) is 19.0 Å². The Bertz CT molecular complexity index is 309. The van der Waals surface area contributed by atoms with Gasteiger partial charge < -0.3 is 14.6 Å². The average molecular weight is 262 g/mol. The van der Waals surface area contributed by atoms with Crippen LogP contribution >= 0.6 is 12.6 Å². The number of nitroso groups, excluding NO2 is 1. The molecule has 0 aliphatic heterocycles. The van der Waals surface area contributed by atoms with Gasteiger partial charge in [-0.1, -0.05) is 0 Å².